The minimum atomic E-state index is -0.287. The van der Waals surface area contributed by atoms with E-state index in [4.69, 9.17) is 0 Å². The molecule has 1 amide bonds. The van der Waals surface area contributed by atoms with E-state index in [0.717, 1.165) is 11.4 Å². The van der Waals surface area contributed by atoms with Gasteiger partial charge >= 0.3 is 0 Å². The maximum absolute atomic E-state index is 13.1. The van der Waals surface area contributed by atoms with Gasteiger partial charge in [-0.15, -0.1) is 0 Å². The molecular formula is C23H21FN6O2S. The Morgan fingerprint density at radius 2 is 1.73 bits per heavy atom. The maximum Gasteiger partial charge on any atom is 0.262 e. The lowest BCUT2D eigenvalue weighted by Crippen LogP contribution is -2.49. The van der Waals surface area contributed by atoms with Gasteiger partial charge in [0.05, 0.1) is 17.6 Å². The van der Waals surface area contributed by atoms with Gasteiger partial charge in [0, 0.05) is 31.9 Å². The Kier molecular flexibility index (Phi) is 5.82. The molecule has 8 nitrogen and oxygen atoms in total. The quantitative estimate of drug-likeness (QED) is 0.361. The first kappa shape index (κ1) is 21.2. The van der Waals surface area contributed by atoms with Crippen molar-refractivity contribution >= 4 is 34.4 Å². The number of nitrogens with one attached hydrogen (secondary N) is 1. The van der Waals surface area contributed by atoms with Crippen molar-refractivity contribution in [2.45, 2.75) is 5.16 Å². The van der Waals surface area contributed by atoms with E-state index in [-0.39, 0.29) is 23.0 Å². The molecule has 2 aromatic heterocycles. The molecule has 0 aliphatic carbocycles. The topological polar surface area (TPSA) is 87.1 Å². The van der Waals surface area contributed by atoms with Gasteiger partial charge in [-0.25, -0.2) is 14.1 Å². The molecule has 1 saturated heterocycles. The summed E-state index contributed by atoms with van der Waals surface area (Å²) in [6.07, 6.45) is 1.49. The van der Waals surface area contributed by atoms with Crippen LogP contribution in [-0.4, -0.2) is 62.5 Å². The summed E-state index contributed by atoms with van der Waals surface area (Å²) in [5, 5.41) is 5.07. The number of anilines is 1. The Hall–Kier alpha value is -3.66. The third kappa shape index (κ3) is 4.47. The highest BCUT2D eigenvalue weighted by atomic mass is 32.2. The van der Waals surface area contributed by atoms with Crippen LogP contribution >= 0.6 is 11.8 Å². The van der Waals surface area contributed by atoms with E-state index < -0.39 is 0 Å². The van der Waals surface area contributed by atoms with Crippen LogP contribution in [0.4, 0.5) is 10.1 Å². The summed E-state index contributed by atoms with van der Waals surface area (Å²) in [5.74, 6) is -0.107. The number of halogens is 1. The van der Waals surface area contributed by atoms with Crippen molar-refractivity contribution in [3.05, 3.63) is 77.0 Å². The number of fused-ring (bicyclic) bond motifs is 1. The van der Waals surface area contributed by atoms with Crippen LogP contribution in [0, 0.1) is 5.82 Å². The highest BCUT2D eigenvalue weighted by Gasteiger charge is 2.22. The largest absolute Gasteiger partial charge is 0.368 e. The average molecular weight is 465 g/mol. The smallest absolute Gasteiger partial charge is 0.262 e. The fourth-order valence-electron chi connectivity index (χ4n) is 3.81. The molecule has 0 atom stereocenters. The minimum Gasteiger partial charge on any atom is -0.368 e. The van der Waals surface area contributed by atoms with Gasteiger partial charge in [0.1, 0.15) is 11.2 Å². The molecule has 0 radical (unpaired) electrons. The molecule has 0 bridgehead atoms. The highest BCUT2D eigenvalue weighted by Crippen LogP contribution is 2.20. The number of amides is 1. The summed E-state index contributed by atoms with van der Waals surface area (Å²) in [7, 11) is 0. The van der Waals surface area contributed by atoms with E-state index in [1.807, 2.05) is 30.3 Å². The van der Waals surface area contributed by atoms with Gasteiger partial charge in [-0.2, -0.15) is 5.10 Å². The molecule has 168 valence electrons. The number of thioether (sulfide) groups is 1. The number of para-hydroxylation sites is 1. The van der Waals surface area contributed by atoms with Gasteiger partial charge in [-0.1, -0.05) is 30.0 Å². The third-order valence-electron chi connectivity index (χ3n) is 5.57. The van der Waals surface area contributed by atoms with Gasteiger partial charge in [-0.05, 0) is 36.4 Å². The molecule has 0 saturated carbocycles. The lowest BCUT2D eigenvalue weighted by molar-refractivity contribution is -0.128. The van der Waals surface area contributed by atoms with Crippen LogP contribution in [-0.2, 0) is 4.79 Å². The lowest BCUT2D eigenvalue weighted by Gasteiger charge is -2.36. The fraction of sp³-hybridized carbons (Fsp3) is 0.217. The van der Waals surface area contributed by atoms with E-state index in [1.54, 1.807) is 21.7 Å². The predicted molar refractivity (Wildman–Crippen MR) is 125 cm³/mol. The number of aromatic amines is 1. The molecule has 5 rings (SSSR count). The van der Waals surface area contributed by atoms with Crippen molar-refractivity contribution in [2.75, 3.05) is 36.8 Å². The van der Waals surface area contributed by atoms with E-state index in [2.05, 4.69) is 20.0 Å². The molecule has 2 aromatic carbocycles. The van der Waals surface area contributed by atoms with Gasteiger partial charge in [0.15, 0.2) is 10.8 Å². The van der Waals surface area contributed by atoms with Gasteiger partial charge < -0.3 is 14.8 Å². The molecule has 4 aromatic rings. The second-order valence-corrected chi connectivity index (χ2v) is 8.60. The highest BCUT2D eigenvalue weighted by molar-refractivity contribution is 7.99. The SMILES string of the molecule is O=C(CSc1nc2c(cnn2-c2ccccc2)c(=O)[nH]1)N1CCN(c2ccc(F)cc2)CC1. The van der Waals surface area contributed by atoms with Crippen molar-refractivity contribution in [2.24, 2.45) is 0 Å². The second-order valence-electron chi connectivity index (χ2n) is 7.63. The first-order valence-electron chi connectivity index (χ1n) is 10.5. The van der Waals surface area contributed by atoms with Crippen molar-refractivity contribution in [1.82, 2.24) is 24.6 Å². The monoisotopic (exact) mass is 464 g/mol. The van der Waals surface area contributed by atoms with Crippen LogP contribution in [0.5, 0.6) is 0 Å². The summed E-state index contributed by atoms with van der Waals surface area (Å²) < 4.78 is 14.8. The van der Waals surface area contributed by atoms with Crippen LogP contribution in [0.1, 0.15) is 0 Å². The zero-order valence-electron chi connectivity index (χ0n) is 17.6. The van der Waals surface area contributed by atoms with Gasteiger partial charge in [-0.3, -0.25) is 9.59 Å². The number of rotatable bonds is 5. The van der Waals surface area contributed by atoms with E-state index in [0.29, 0.717) is 42.4 Å². The number of nitrogens with zero attached hydrogens (tertiary/aromatic N) is 5. The van der Waals surface area contributed by atoms with Crippen molar-refractivity contribution in [3.63, 3.8) is 0 Å². The number of H-pyrrole nitrogens is 1. The Morgan fingerprint density at radius 3 is 2.45 bits per heavy atom. The van der Waals surface area contributed by atoms with Crippen molar-refractivity contribution < 1.29 is 9.18 Å². The summed E-state index contributed by atoms with van der Waals surface area (Å²) in [6, 6.07) is 15.8. The first-order valence-corrected chi connectivity index (χ1v) is 11.5. The molecule has 3 heterocycles. The second kappa shape index (κ2) is 9.07. The normalized spacial score (nSPS) is 14.1. The number of carbonyl (C=O) groups excluding carboxylic acids is 1. The summed E-state index contributed by atoms with van der Waals surface area (Å²) >= 11 is 1.20. The molecule has 1 aliphatic heterocycles. The van der Waals surface area contributed by atoms with Gasteiger partial charge in [0.25, 0.3) is 5.56 Å². The van der Waals surface area contributed by atoms with Crippen LogP contribution in [0.3, 0.4) is 0 Å². The Balaban J connectivity index is 1.24. The molecule has 33 heavy (non-hydrogen) atoms. The van der Waals surface area contributed by atoms with E-state index >= 15 is 0 Å². The number of hydrogen-bond donors (Lipinski definition) is 1. The molecule has 1 fully saturated rings. The van der Waals surface area contributed by atoms with Crippen LogP contribution in [0.15, 0.2) is 70.7 Å². The summed E-state index contributed by atoms with van der Waals surface area (Å²) in [4.78, 5) is 36.5. The van der Waals surface area contributed by atoms with Gasteiger partial charge in [0.2, 0.25) is 5.91 Å². The molecule has 10 heteroatoms. The molecule has 0 spiro atoms. The molecular weight excluding hydrogens is 443 g/mol. The zero-order valence-corrected chi connectivity index (χ0v) is 18.5. The van der Waals surface area contributed by atoms with Crippen LogP contribution in [0.2, 0.25) is 0 Å². The molecule has 1 N–H and O–H groups in total. The molecule has 1 aliphatic rings. The predicted octanol–water partition coefficient (Wildman–Crippen LogP) is 2.69. The van der Waals surface area contributed by atoms with Crippen LogP contribution < -0.4 is 10.5 Å². The third-order valence-corrected chi connectivity index (χ3v) is 6.43. The Morgan fingerprint density at radius 1 is 1.00 bits per heavy atom. The maximum atomic E-state index is 13.1. The number of aromatic nitrogens is 4. The van der Waals surface area contributed by atoms with E-state index in [9.17, 15) is 14.0 Å². The summed E-state index contributed by atoms with van der Waals surface area (Å²) in [5.41, 5.74) is 1.91. The Labute approximate surface area is 193 Å². The first-order chi connectivity index (χ1) is 16.1. The average Bonchev–Trinajstić information content (AvgIpc) is 3.28. The number of hydrogen-bond acceptors (Lipinski definition) is 6. The van der Waals surface area contributed by atoms with Crippen molar-refractivity contribution in [3.8, 4) is 5.69 Å². The number of benzene rings is 2. The van der Waals surface area contributed by atoms with Crippen molar-refractivity contribution in [1.29, 1.82) is 0 Å². The standard InChI is InChI=1S/C23H21FN6O2S/c24-16-6-8-17(9-7-16)28-10-12-29(13-11-28)20(31)15-33-23-26-21-19(22(32)27-23)14-25-30(21)18-4-2-1-3-5-18/h1-9,14H,10-13,15H2,(H,26,27,32). The lowest BCUT2D eigenvalue weighted by atomic mass is 10.2. The van der Waals surface area contributed by atoms with E-state index in [1.165, 1.54) is 30.1 Å². The molecule has 0 unspecified atom stereocenters. The summed E-state index contributed by atoms with van der Waals surface area (Å²) in [6.45, 7) is 2.53. The zero-order chi connectivity index (χ0) is 22.8. The minimum absolute atomic E-state index is 0.0157. The number of carbonyl (C=O) groups is 1. The Bertz CT molecular complexity index is 1330. The number of piperazine rings is 1. The fourth-order valence-corrected chi connectivity index (χ4v) is 4.57. The van der Waals surface area contributed by atoms with Crippen LogP contribution in [0.25, 0.3) is 16.7 Å².